The maximum atomic E-state index is 12.2. The highest BCUT2D eigenvalue weighted by molar-refractivity contribution is 5.95. The molecule has 0 aromatic heterocycles. The zero-order valence-corrected chi connectivity index (χ0v) is 10.2. The fraction of sp³-hybridized carbons (Fsp3) is 0.727. The SMILES string of the molecule is COC(=O)C1CCCC2C(=O)NCC(N)C(=O)N21. The number of nitrogens with zero attached hydrogens (tertiary/aromatic N) is 1. The van der Waals surface area contributed by atoms with Crippen LogP contribution in [0.1, 0.15) is 19.3 Å². The predicted octanol–water partition coefficient (Wildman–Crippen LogP) is -1.63. The van der Waals surface area contributed by atoms with E-state index in [1.165, 1.54) is 12.0 Å². The Bertz CT molecular complexity index is 384. The third-order valence-corrected chi connectivity index (χ3v) is 3.47. The molecule has 7 heteroatoms. The highest BCUT2D eigenvalue weighted by Crippen LogP contribution is 2.26. The van der Waals surface area contributed by atoms with Gasteiger partial charge in [-0.1, -0.05) is 0 Å². The van der Waals surface area contributed by atoms with Gasteiger partial charge in [0.05, 0.1) is 7.11 Å². The molecule has 100 valence electrons. The van der Waals surface area contributed by atoms with Crippen molar-refractivity contribution in [3.63, 3.8) is 0 Å². The van der Waals surface area contributed by atoms with Crippen molar-refractivity contribution in [2.45, 2.75) is 37.4 Å². The van der Waals surface area contributed by atoms with Gasteiger partial charge in [-0.05, 0) is 19.3 Å². The summed E-state index contributed by atoms with van der Waals surface area (Å²) in [7, 11) is 1.27. The largest absolute Gasteiger partial charge is 0.467 e. The molecule has 2 amide bonds. The van der Waals surface area contributed by atoms with Crippen molar-refractivity contribution in [1.29, 1.82) is 0 Å². The number of esters is 1. The molecule has 0 bridgehead atoms. The average Bonchev–Trinajstić information content (AvgIpc) is 2.50. The van der Waals surface area contributed by atoms with Crippen LogP contribution >= 0.6 is 0 Å². The van der Waals surface area contributed by atoms with Crippen LogP contribution < -0.4 is 11.1 Å². The topological polar surface area (TPSA) is 102 Å². The first kappa shape index (κ1) is 12.8. The quantitative estimate of drug-likeness (QED) is 0.547. The molecule has 7 nitrogen and oxygen atoms in total. The number of hydrogen-bond donors (Lipinski definition) is 2. The fourth-order valence-corrected chi connectivity index (χ4v) is 2.54. The zero-order valence-electron chi connectivity index (χ0n) is 10.2. The monoisotopic (exact) mass is 255 g/mol. The second kappa shape index (κ2) is 4.93. The summed E-state index contributed by atoms with van der Waals surface area (Å²) in [5, 5.41) is 2.62. The number of fused-ring (bicyclic) bond motifs is 1. The number of nitrogens with two attached hydrogens (primary N) is 1. The fourth-order valence-electron chi connectivity index (χ4n) is 2.54. The van der Waals surface area contributed by atoms with Gasteiger partial charge >= 0.3 is 5.97 Å². The molecule has 2 rings (SSSR count). The zero-order chi connectivity index (χ0) is 13.3. The number of piperidine rings is 1. The van der Waals surface area contributed by atoms with Gasteiger partial charge in [0.2, 0.25) is 11.8 Å². The number of methoxy groups -OCH3 is 1. The number of ether oxygens (including phenoxy) is 1. The maximum Gasteiger partial charge on any atom is 0.328 e. The molecule has 3 atom stereocenters. The van der Waals surface area contributed by atoms with E-state index in [0.717, 1.165) is 0 Å². The smallest absolute Gasteiger partial charge is 0.328 e. The van der Waals surface area contributed by atoms with Gasteiger partial charge in [-0.3, -0.25) is 9.59 Å². The minimum atomic E-state index is -0.802. The molecule has 0 aliphatic carbocycles. The number of hydrogen-bond acceptors (Lipinski definition) is 5. The summed E-state index contributed by atoms with van der Waals surface area (Å²) in [6.45, 7) is 0.110. The van der Waals surface area contributed by atoms with Crippen molar-refractivity contribution in [2.24, 2.45) is 5.73 Å². The Hall–Kier alpha value is -1.63. The molecular formula is C11H17N3O4. The van der Waals surface area contributed by atoms with E-state index in [1.54, 1.807) is 0 Å². The summed E-state index contributed by atoms with van der Waals surface area (Å²) in [6.07, 6.45) is 1.77. The molecule has 0 aromatic carbocycles. The van der Waals surface area contributed by atoms with Crippen molar-refractivity contribution in [1.82, 2.24) is 10.2 Å². The Kier molecular flexibility index (Phi) is 3.51. The standard InChI is InChI=1S/C11H17N3O4/c1-18-11(17)8-4-2-3-7-9(15)13-5-6(12)10(16)14(7)8/h6-8H,2-5,12H2,1H3,(H,13,15). The van der Waals surface area contributed by atoms with Gasteiger partial charge in [0.15, 0.2) is 0 Å². The van der Waals surface area contributed by atoms with E-state index in [2.05, 4.69) is 5.32 Å². The summed E-state index contributed by atoms with van der Waals surface area (Å²) >= 11 is 0. The molecule has 2 fully saturated rings. The molecule has 3 unspecified atom stereocenters. The first-order valence-electron chi connectivity index (χ1n) is 5.99. The lowest BCUT2D eigenvalue weighted by atomic mass is 9.94. The molecule has 2 saturated heterocycles. The van der Waals surface area contributed by atoms with Gasteiger partial charge < -0.3 is 20.7 Å². The highest BCUT2D eigenvalue weighted by Gasteiger charge is 2.45. The molecule has 2 heterocycles. The van der Waals surface area contributed by atoms with Crippen molar-refractivity contribution >= 4 is 17.8 Å². The molecule has 0 aromatic rings. The number of carbonyl (C=O) groups is 3. The van der Waals surface area contributed by atoms with Gasteiger partial charge in [0.1, 0.15) is 18.1 Å². The van der Waals surface area contributed by atoms with Crippen LogP contribution in [0.4, 0.5) is 0 Å². The first-order valence-corrected chi connectivity index (χ1v) is 5.99. The van der Waals surface area contributed by atoms with Crippen LogP contribution in [0.3, 0.4) is 0 Å². The minimum Gasteiger partial charge on any atom is -0.467 e. The minimum absolute atomic E-state index is 0.110. The van der Waals surface area contributed by atoms with Crippen LogP contribution in [0.5, 0.6) is 0 Å². The third kappa shape index (κ3) is 2.05. The van der Waals surface area contributed by atoms with E-state index in [-0.39, 0.29) is 18.4 Å². The molecule has 2 aliphatic heterocycles. The van der Waals surface area contributed by atoms with E-state index >= 15 is 0 Å². The van der Waals surface area contributed by atoms with Gasteiger partial charge in [0, 0.05) is 6.54 Å². The van der Waals surface area contributed by atoms with Gasteiger partial charge in [-0.25, -0.2) is 4.79 Å². The number of nitrogens with one attached hydrogen (secondary N) is 1. The van der Waals surface area contributed by atoms with E-state index in [9.17, 15) is 14.4 Å². The molecular weight excluding hydrogens is 238 g/mol. The molecule has 3 N–H and O–H groups in total. The van der Waals surface area contributed by atoms with Gasteiger partial charge in [-0.2, -0.15) is 0 Å². The van der Waals surface area contributed by atoms with E-state index in [0.29, 0.717) is 19.3 Å². The second-order valence-electron chi connectivity index (χ2n) is 4.58. The number of amides is 2. The summed E-state index contributed by atoms with van der Waals surface area (Å²) in [4.78, 5) is 37.1. The Morgan fingerprint density at radius 3 is 2.83 bits per heavy atom. The van der Waals surface area contributed by atoms with Gasteiger partial charge in [-0.15, -0.1) is 0 Å². The Labute approximate surface area is 105 Å². The van der Waals surface area contributed by atoms with Crippen LogP contribution in [0.15, 0.2) is 0 Å². The van der Waals surface area contributed by atoms with E-state index in [1.807, 2.05) is 0 Å². The van der Waals surface area contributed by atoms with Crippen molar-refractivity contribution in [2.75, 3.05) is 13.7 Å². The average molecular weight is 255 g/mol. The summed E-state index contributed by atoms with van der Waals surface area (Å²) in [5.74, 6) is -1.10. The number of rotatable bonds is 1. The van der Waals surface area contributed by atoms with Crippen molar-refractivity contribution in [3.05, 3.63) is 0 Å². The highest BCUT2D eigenvalue weighted by atomic mass is 16.5. The molecule has 18 heavy (non-hydrogen) atoms. The Morgan fingerprint density at radius 2 is 2.17 bits per heavy atom. The van der Waals surface area contributed by atoms with Crippen molar-refractivity contribution in [3.8, 4) is 0 Å². The summed E-state index contributed by atoms with van der Waals surface area (Å²) in [5.41, 5.74) is 5.69. The molecule has 2 aliphatic rings. The number of carbonyl (C=O) groups excluding carboxylic acids is 3. The lowest BCUT2D eigenvalue weighted by molar-refractivity contribution is -0.159. The van der Waals surface area contributed by atoms with E-state index < -0.39 is 24.1 Å². The molecule has 0 radical (unpaired) electrons. The van der Waals surface area contributed by atoms with Crippen LogP contribution in [0.25, 0.3) is 0 Å². The van der Waals surface area contributed by atoms with Gasteiger partial charge in [0.25, 0.3) is 0 Å². The maximum absolute atomic E-state index is 12.2. The van der Waals surface area contributed by atoms with Crippen LogP contribution in [-0.2, 0) is 19.1 Å². The predicted molar refractivity (Wildman–Crippen MR) is 61.3 cm³/mol. The van der Waals surface area contributed by atoms with Crippen LogP contribution in [0, 0.1) is 0 Å². The Balaban J connectivity index is 2.32. The summed E-state index contributed by atoms with van der Waals surface area (Å²) < 4.78 is 4.69. The molecule has 0 saturated carbocycles. The normalized spacial score (nSPS) is 32.3. The van der Waals surface area contributed by atoms with Crippen LogP contribution in [-0.4, -0.2) is 54.5 Å². The summed E-state index contributed by atoms with van der Waals surface area (Å²) in [6, 6.07) is -2.11. The second-order valence-corrected chi connectivity index (χ2v) is 4.58. The van der Waals surface area contributed by atoms with Crippen molar-refractivity contribution < 1.29 is 19.1 Å². The lowest BCUT2D eigenvalue weighted by Crippen LogP contribution is -2.58. The third-order valence-electron chi connectivity index (χ3n) is 3.47. The Morgan fingerprint density at radius 1 is 1.44 bits per heavy atom. The van der Waals surface area contributed by atoms with Crippen LogP contribution in [0.2, 0.25) is 0 Å². The first-order chi connectivity index (χ1) is 8.56. The van der Waals surface area contributed by atoms with E-state index in [4.69, 9.17) is 10.5 Å². The lowest BCUT2D eigenvalue weighted by Gasteiger charge is -2.38. The molecule has 0 spiro atoms.